The average Bonchev–Trinajstić information content (AvgIpc) is 2.39. The Labute approximate surface area is 119 Å². The third-order valence-corrected chi connectivity index (χ3v) is 4.80. The molecule has 1 aromatic carbocycles. The van der Waals surface area contributed by atoms with Crippen molar-refractivity contribution >= 4 is 10.0 Å². The van der Waals surface area contributed by atoms with E-state index in [9.17, 15) is 12.8 Å². The van der Waals surface area contributed by atoms with Crippen LogP contribution < -0.4 is 10.0 Å². The maximum Gasteiger partial charge on any atom is 0.243 e. The SMILES string of the molecule is Cc1ccc(S(=O)(=O)NCCN2CCNCC2)c(F)c1. The Morgan fingerprint density at radius 3 is 2.70 bits per heavy atom. The second-order valence-corrected chi connectivity index (χ2v) is 6.66. The fraction of sp³-hybridized carbons (Fsp3) is 0.538. The van der Waals surface area contributed by atoms with Crippen LogP contribution in [0, 0.1) is 12.7 Å². The number of piperazine rings is 1. The van der Waals surface area contributed by atoms with E-state index in [1.807, 2.05) is 0 Å². The van der Waals surface area contributed by atoms with E-state index in [2.05, 4.69) is 14.9 Å². The Kier molecular flexibility index (Phi) is 5.09. The van der Waals surface area contributed by atoms with Crippen LogP contribution in [0.1, 0.15) is 5.56 Å². The zero-order valence-corrected chi connectivity index (χ0v) is 12.3. The Morgan fingerprint density at radius 2 is 2.05 bits per heavy atom. The van der Waals surface area contributed by atoms with Gasteiger partial charge in [-0.2, -0.15) is 0 Å². The fourth-order valence-corrected chi connectivity index (χ4v) is 3.25. The lowest BCUT2D eigenvalue weighted by Crippen LogP contribution is -2.46. The molecule has 1 aliphatic rings. The Hall–Kier alpha value is -1.02. The minimum atomic E-state index is -3.78. The maximum atomic E-state index is 13.7. The molecule has 0 unspecified atom stereocenters. The van der Waals surface area contributed by atoms with Crippen LogP contribution in [0.5, 0.6) is 0 Å². The molecule has 0 aliphatic carbocycles. The number of hydrogen-bond acceptors (Lipinski definition) is 4. The highest BCUT2D eigenvalue weighted by Gasteiger charge is 2.19. The lowest BCUT2D eigenvalue weighted by molar-refractivity contribution is 0.245. The first-order valence-corrected chi connectivity index (χ1v) is 8.16. The molecule has 7 heteroatoms. The summed E-state index contributed by atoms with van der Waals surface area (Å²) < 4.78 is 40.2. The van der Waals surface area contributed by atoms with Crippen molar-refractivity contribution in [2.75, 3.05) is 39.3 Å². The van der Waals surface area contributed by atoms with Gasteiger partial charge < -0.3 is 5.32 Å². The highest BCUT2D eigenvalue weighted by molar-refractivity contribution is 7.89. The van der Waals surface area contributed by atoms with Crippen molar-refractivity contribution in [1.82, 2.24) is 14.9 Å². The van der Waals surface area contributed by atoms with Gasteiger partial charge in [-0.1, -0.05) is 6.07 Å². The second kappa shape index (κ2) is 6.62. The fourth-order valence-electron chi connectivity index (χ4n) is 2.17. The summed E-state index contributed by atoms with van der Waals surface area (Å²) in [7, 11) is -3.78. The number of hydrogen-bond donors (Lipinski definition) is 2. The van der Waals surface area contributed by atoms with Gasteiger partial charge in [-0.25, -0.2) is 17.5 Å². The van der Waals surface area contributed by atoms with Crippen molar-refractivity contribution in [2.45, 2.75) is 11.8 Å². The van der Waals surface area contributed by atoms with Crippen LogP contribution in [-0.2, 0) is 10.0 Å². The summed E-state index contributed by atoms with van der Waals surface area (Å²) in [4.78, 5) is 1.88. The molecule has 0 atom stereocenters. The smallest absolute Gasteiger partial charge is 0.243 e. The number of nitrogens with one attached hydrogen (secondary N) is 2. The summed E-state index contributed by atoms with van der Waals surface area (Å²) in [5, 5.41) is 3.23. The Morgan fingerprint density at radius 1 is 1.35 bits per heavy atom. The molecule has 0 amide bonds. The number of rotatable bonds is 5. The molecule has 0 bridgehead atoms. The van der Waals surface area contributed by atoms with E-state index in [-0.39, 0.29) is 11.4 Å². The van der Waals surface area contributed by atoms with Crippen LogP contribution in [0.25, 0.3) is 0 Å². The van der Waals surface area contributed by atoms with E-state index in [0.717, 1.165) is 26.2 Å². The molecular formula is C13H20FN3O2S. The van der Waals surface area contributed by atoms with Gasteiger partial charge in [-0.05, 0) is 24.6 Å². The van der Waals surface area contributed by atoms with Crippen molar-refractivity contribution in [3.05, 3.63) is 29.6 Å². The highest BCUT2D eigenvalue weighted by atomic mass is 32.2. The van der Waals surface area contributed by atoms with Gasteiger partial charge in [-0.3, -0.25) is 4.90 Å². The molecule has 0 radical (unpaired) electrons. The lowest BCUT2D eigenvalue weighted by Gasteiger charge is -2.27. The Balaban J connectivity index is 1.93. The van der Waals surface area contributed by atoms with E-state index >= 15 is 0 Å². The van der Waals surface area contributed by atoms with E-state index in [1.54, 1.807) is 13.0 Å². The first-order chi connectivity index (χ1) is 9.49. The monoisotopic (exact) mass is 301 g/mol. The minimum Gasteiger partial charge on any atom is -0.314 e. The number of benzene rings is 1. The van der Waals surface area contributed by atoms with Gasteiger partial charge in [0.1, 0.15) is 10.7 Å². The van der Waals surface area contributed by atoms with Crippen molar-refractivity contribution in [3.8, 4) is 0 Å². The largest absolute Gasteiger partial charge is 0.314 e. The predicted molar refractivity (Wildman–Crippen MR) is 75.6 cm³/mol. The van der Waals surface area contributed by atoms with Gasteiger partial charge in [0.25, 0.3) is 0 Å². The molecule has 0 saturated carbocycles. The average molecular weight is 301 g/mol. The summed E-state index contributed by atoms with van der Waals surface area (Å²) in [6.07, 6.45) is 0. The van der Waals surface area contributed by atoms with Gasteiger partial charge in [0, 0.05) is 39.3 Å². The summed E-state index contributed by atoms with van der Waals surface area (Å²) in [6, 6.07) is 4.12. The standard InChI is InChI=1S/C13H20FN3O2S/c1-11-2-3-13(12(14)10-11)20(18,19)16-6-9-17-7-4-15-5-8-17/h2-3,10,15-16H,4-9H2,1H3. The van der Waals surface area contributed by atoms with Crippen molar-refractivity contribution < 1.29 is 12.8 Å². The predicted octanol–water partition coefficient (Wildman–Crippen LogP) is 0.318. The molecule has 2 N–H and O–H groups in total. The number of sulfonamides is 1. The summed E-state index contributed by atoms with van der Waals surface area (Å²) >= 11 is 0. The maximum absolute atomic E-state index is 13.7. The van der Waals surface area contributed by atoms with Gasteiger partial charge in [-0.15, -0.1) is 0 Å². The van der Waals surface area contributed by atoms with Gasteiger partial charge >= 0.3 is 0 Å². The van der Waals surface area contributed by atoms with Crippen LogP contribution in [-0.4, -0.2) is 52.6 Å². The molecule has 1 saturated heterocycles. The van der Waals surface area contributed by atoms with Crippen LogP contribution in [0.2, 0.25) is 0 Å². The van der Waals surface area contributed by atoms with Crippen LogP contribution >= 0.6 is 0 Å². The first kappa shape index (κ1) is 15.4. The van der Waals surface area contributed by atoms with Crippen LogP contribution in [0.15, 0.2) is 23.1 Å². The third-order valence-electron chi connectivity index (χ3n) is 3.31. The summed E-state index contributed by atoms with van der Waals surface area (Å²) in [6.45, 7) is 6.28. The number of aryl methyl sites for hydroxylation is 1. The van der Waals surface area contributed by atoms with E-state index in [0.29, 0.717) is 12.1 Å². The van der Waals surface area contributed by atoms with Crippen molar-refractivity contribution in [3.63, 3.8) is 0 Å². The molecule has 1 aromatic rings. The van der Waals surface area contributed by atoms with E-state index in [4.69, 9.17) is 0 Å². The third kappa shape index (κ3) is 3.99. The molecular weight excluding hydrogens is 281 g/mol. The minimum absolute atomic E-state index is 0.287. The molecule has 20 heavy (non-hydrogen) atoms. The van der Waals surface area contributed by atoms with Crippen molar-refractivity contribution in [1.29, 1.82) is 0 Å². The molecule has 1 fully saturated rings. The van der Waals surface area contributed by atoms with Gasteiger partial charge in [0.15, 0.2) is 0 Å². The zero-order chi connectivity index (χ0) is 14.6. The zero-order valence-electron chi connectivity index (χ0n) is 11.5. The molecule has 5 nitrogen and oxygen atoms in total. The molecule has 0 aromatic heterocycles. The number of halogens is 1. The van der Waals surface area contributed by atoms with Gasteiger partial charge in [0.2, 0.25) is 10.0 Å². The topological polar surface area (TPSA) is 61.4 Å². The molecule has 0 spiro atoms. The molecule has 2 rings (SSSR count). The Bertz CT molecular complexity index is 557. The summed E-state index contributed by atoms with van der Waals surface area (Å²) in [5.41, 5.74) is 0.697. The quantitative estimate of drug-likeness (QED) is 0.822. The first-order valence-electron chi connectivity index (χ1n) is 6.68. The van der Waals surface area contributed by atoms with Crippen LogP contribution in [0.3, 0.4) is 0 Å². The number of nitrogens with zero attached hydrogens (tertiary/aromatic N) is 1. The second-order valence-electron chi connectivity index (χ2n) is 4.92. The van der Waals surface area contributed by atoms with E-state index < -0.39 is 15.8 Å². The normalized spacial score (nSPS) is 17.3. The molecule has 1 aliphatic heterocycles. The van der Waals surface area contributed by atoms with Gasteiger partial charge in [0.05, 0.1) is 0 Å². The molecule has 1 heterocycles. The summed E-state index contributed by atoms with van der Waals surface area (Å²) in [5.74, 6) is -0.709. The van der Waals surface area contributed by atoms with Crippen molar-refractivity contribution in [2.24, 2.45) is 0 Å². The molecule has 112 valence electrons. The van der Waals surface area contributed by atoms with E-state index in [1.165, 1.54) is 12.1 Å². The highest BCUT2D eigenvalue weighted by Crippen LogP contribution is 2.15. The lowest BCUT2D eigenvalue weighted by atomic mass is 10.2. The van der Waals surface area contributed by atoms with Crippen LogP contribution in [0.4, 0.5) is 4.39 Å².